The second-order valence-corrected chi connectivity index (χ2v) is 9.51. The standard InChI is InChI=1S/C21H27N5O3S/c1-4-26-16(3)21(15(2)23-26)30(28,29)25-11-9-24(10-12-25)20(27)13-17-14-22-19-8-6-5-7-18(17)19/h5-8,14,22H,4,9-13H2,1-3H3. The Morgan fingerprint density at radius 3 is 2.50 bits per heavy atom. The normalized spacial score (nSPS) is 15.8. The van der Waals surface area contributed by atoms with Gasteiger partial charge in [-0.2, -0.15) is 9.40 Å². The average molecular weight is 430 g/mol. The number of fused-ring (bicyclic) bond motifs is 1. The van der Waals surface area contributed by atoms with Gasteiger partial charge in [0.2, 0.25) is 15.9 Å². The lowest BCUT2D eigenvalue weighted by molar-refractivity contribution is -0.131. The predicted octanol–water partition coefficient (Wildman–Crippen LogP) is 2.08. The molecule has 1 aliphatic rings. The summed E-state index contributed by atoms with van der Waals surface area (Å²) in [7, 11) is -3.63. The Bertz CT molecular complexity index is 1190. The summed E-state index contributed by atoms with van der Waals surface area (Å²) in [5.74, 6) is 0.0166. The first-order chi connectivity index (χ1) is 14.3. The van der Waals surface area contributed by atoms with Crippen molar-refractivity contribution in [3.8, 4) is 0 Å². The molecule has 4 rings (SSSR count). The number of rotatable bonds is 5. The van der Waals surface area contributed by atoms with E-state index in [0.29, 0.717) is 42.3 Å². The van der Waals surface area contributed by atoms with Crippen LogP contribution in [-0.2, 0) is 27.8 Å². The zero-order valence-corrected chi connectivity index (χ0v) is 18.4. The molecule has 1 fully saturated rings. The monoisotopic (exact) mass is 429 g/mol. The summed E-state index contributed by atoms with van der Waals surface area (Å²) in [6, 6.07) is 7.90. The number of benzene rings is 1. The first kappa shape index (κ1) is 20.6. The van der Waals surface area contributed by atoms with Gasteiger partial charge in [-0.1, -0.05) is 18.2 Å². The Balaban J connectivity index is 1.44. The molecule has 0 bridgehead atoms. The smallest absolute Gasteiger partial charge is 0.246 e. The van der Waals surface area contributed by atoms with E-state index < -0.39 is 10.0 Å². The number of sulfonamides is 1. The van der Waals surface area contributed by atoms with Gasteiger partial charge in [0.15, 0.2) is 0 Å². The summed E-state index contributed by atoms with van der Waals surface area (Å²) >= 11 is 0. The molecule has 3 aromatic rings. The van der Waals surface area contributed by atoms with Gasteiger partial charge in [-0.3, -0.25) is 9.48 Å². The molecular formula is C21H27N5O3S. The summed E-state index contributed by atoms with van der Waals surface area (Å²) in [4.78, 5) is 18.1. The molecule has 0 saturated carbocycles. The van der Waals surface area contributed by atoms with Crippen molar-refractivity contribution < 1.29 is 13.2 Å². The third-order valence-electron chi connectivity index (χ3n) is 5.82. The van der Waals surface area contributed by atoms with Crippen LogP contribution in [0.15, 0.2) is 35.4 Å². The summed E-state index contributed by atoms with van der Waals surface area (Å²) in [5, 5.41) is 5.39. The highest BCUT2D eigenvalue weighted by Gasteiger charge is 2.34. The van der Waals surface area contributed by atoms with Crippen molar-refractivity contribution in [1.82, 2.24) is 24.0 Å². The van der Waals surface area contributed by atoms with Crippen molar-refractivity contribution in [2.45, 2.75) is 38.6 Å². The van der Waals surface area contributed by atoms with E-state index in [4.69, 9.17) is 0 Å². The summed E-state index contributed by atoms with van der Waals surface area (Å²) < 4.78 is 29.6. The van der Waals surface area contributed by atoms with Crippen molar-refractivity contribution in [3.63, 3.8) is 0 Å². The van der Waals surface area contributed by atoms with Crippen LogP contribution >= 0.6 is 0 Å². The molecule has 9 heteroatoms. The van der Waals surface area contributed by atoms with Gasteiger partial charge in [-0.05, 0) is 32.4 Å². The summed E-state index contributed by atoms with van der Waals surface area (Å²) in [6.45, 7) is 7.44. The van der Waals surface area contributed by atoms with Gasteiger partial charge in [-0.25, -0.2) is 8.42 Å². The van der Waals surface area contributed by atoms with Crippen LogP contribution in [0.3, 0.4) is 0 Å². The van der Waals surface area contributed by atoms with E-state index in [1.54, 1.807) is 23.4 Å². The van der Waals surface area contributed by atoms with Gasteiger partial charge in [0, 0.05) is 49.8 Å². The van der Waals surface area contributed by atoms with Crippen LogP contribution in [0.4, 0.5) is 0 Å². The Morgan fingerprint density at radius 2 is 1.83 bits per heavy atom. The number of aromatic nitrogens is 3. The molecule has 1 amide bonds. The molecule has 0 spiro atoms. The maximum Gasteiger partial charge on any atom is 0.246 e. The molecule has 1 saturated heterocycles. The zero-order valence-electron chi connectivity index (χ0n) is 17.6. The van der Waals surface area contributed by atoms with Gasteiger partial charge >= 0.3 is 0 Å². The summed E-state index contributed by atoms with van der Waals surface area (Å²) in [6.07, 6.45) is 2.18. The highest BCUT2D eigenvalue weighted by atomic mass is 32.2. The van der Waals surface area contributed by atoms with Crippen LogP contribution in [0.1, 0.15) is 23.9 Å². The maximum absolute atomic E-state index is 13.2. The molecule has 1 N–H and O–H groups in total. The zero-order chi connectivity index (χ0) is 21.5. The molecule has 30 heavy (non-hydrogen) atoms. The summed E-state index contributed by atoms with van der Waals surface area (Å²) in [5.41, 5.74) is 3.15. The molecule has 8 nitrogen and oxygen atoms in total. The van der Waals surface area contributed by atoms with E-state index >= 15 is 0 Å². The minimum Gasteiger partial charge on any atom is -0.361 e. The van der Waals surface area contributed by atoms with Gasteiger partial charge in [0.1, 0.15) is 4.90 Å². The number of carbonyl (C=O) groups is 1. The number of hydrogen-bond donors (Lipinski definition) is 1. The number of nitrogens with one attached hydrogen (secondary N) is 1. The highest BCUT2D eigenvalue weighted by molar-refractivity contribution is 7.89. The van der Waals surface area contributed by atoms with E-state index in [9.17, 15) is 13.2 Å². The van der Waals surface area contributed by atoms with Gasteiger partial charge < -0.3 is 9.88 Å². The lowest BCUT2D eigenvalue weighted by Gasteiger charge is -2.34. The van der Waals surface area contributed by atoms with Crippen molar-refractivity contribution in [3.05, 3.63) is 47.4 Å². The molecule has 3 heterocycles. The molecule has 1 aromatic carbocycles. The largest absolute Gasteiger partial charge is 0.361 e. The first-order valence-corrected chi connectivity index (χ1v) is 11.6. The Hall–Kier alpha value is -2.65. The molecule has 0 aliphatic carbocycles. The molecular weight excluding hydrogens is 402 g/mol. The fourth-order valence-corrected chi connectivity index (χ4v) is 6.02. The van der Waals surface area contributed by atoms with E-state index in [1.807, 2.05) is 37.4 Å². The third kappa shape index (κ3) is 3.52. The number of hydrogen-bond acceptors (Lipinski definition) is 4. The van der Waals surface area contributed by atoms with Crippen LogP contribution in [0, 0.1) is 13.8 Å². The number of amides is 1. The molecule has 160 valence electrons. The number of piperazine rings is 1. The molecule has 0 atom stereocenters. The van der Waals surface area contributed by atoms with Crippen molar-refractivity contribution in [2.24, 2.45) is 0 Å². The highest BCUT2D eigenvalue weighted by Crippen LogP contribution is 2.25. The van der Waals surface area contributed by atoms with Crippen LogP contribution < -0.4 is 0 Å². The molecule has 0 unspecified atom stereocenters. The van der Waals surface area contributed by atoms with Crippen LogP contribution in [0.5, 0.6) is 0 Å². The second-order valence-electron chi connectivity index (χ2n) is 7.64. The van der Waals surface area contributed by atoms with E-state index in [-0.39, 0.29) is 19.0 Å². The number of para-hydroxylation sites is 1. The third-order valence-corrected chi connectivity index (χ3v) is 7.97. The molecule has 1 aliphatic heterocycles. The number of aromatic amines is 1. The fraction of sp³-hybridized carbons (Fsp3) is 0.429. The predicted molar refractivity (Wildman–Crippen MR) is 115 cm³/mol. The number of aryl methyl sites for hydroxylation is 2. The lowest BCUT2D eigenvalue weighted by atomic mass is 10.1. The van der Waals surface area contributed by atoms with Crippen LogP contribution in [-0.4, -0.2) is 64.5 Å². The Kier molecular flexibility index (Phi) is 5.42. The quantitative estimate of drug-likeness (QED) is 0.672. The maximum atomic E-state index is 13.2. The van der Waals surface area contributed by atoms with Crippen molar-refractivity contribution >= 4 is 26.8 Å². The fourth-order valence-electron chi connectivity index (χ4n) is 4.22. The number of H-pyrrole nitrogens is 1. The van der Waals surface area contributed by atoms with E-state index in [2.05, 4.69) is 10.1 Å². The number of carbonyl (C=O) groups excluding carboxylic acids is 1. The van der Waals surface area contributed by atoms with E-state index in [0.717, 1.165) is 16.5 Å². The average Bonchev–Trinajstić information content (AvgIpc) is 3.28. The van der Waals surface area contributed by atoms with Crippen LogP contribution in [0.2, 0.25) is 0 Å². The Labute approximate surface area is 176 Å². The van der Waals surface area contributed by atoms with E-state index in [1.165, 1.54) is 4.31 Å². The van der Waals surface area contributed by atoms with Gasteiger partial charge in [0.05, 0.1) is 17.8 Å². The number of nitrogens with zero attached hydrogens (tertiary/aromatic N) is 4. The second kappa shape index (κ2) is 7.88. The topological polar surface area (TPSA) is 91.3 Å². The SMILES string of the molecule is CCn1nc(C)c(S(=O)(=O)N2CCN(C(=O)Cc3c[nH]c4ccccc34)CC2)c1C. The van der Waals surface area contributed by atoms with Crippen LogP contribution in [0.25, 0.3) is 10.9 Å². The molecule has 2 aromatic heterocycles. The lowest BCUT2D eigenvalue weighted by Crippen LogP contribution is -2.51. The van der Waals surface area contributed by atoms with Crippen molar-refractivity contribution in [2.75, 3.05) is 26.2 Å². The minimum absolute atomic E-state index is 0.0166. The Morgan fingerprint density at radius 1 is 1.13 bits per heavy atom. The van der Waals surface area contributed by atoms with Gasteiger partial charge in [0.25, 0.3) is 0 Å². The molecule has 0 radical (unpaired) electrons. The minimum atomic E-state index is -3.63. The van der Waals surface area contributed by atoms with Gasteiger partial charge in [-0.15, -0.1) is 0 Å². The first-order valence-electron chi connectivity index (χ1n) is 10.2. The van der Waals surface area contributed by atoms with Crippen molar-refractivity contribution in [1.29, 1.82) is 0 Å².